The number of hydrogen-bond acceptors (Lipinski definition) is 7. The molecule has 0 radical (unpaired) electrons. The lowest BCUT2D eigenvalue weighted by Crippen LogP contribution is -2.39. The Bertz CT molecular complexity index is 270. The van der Waals surface area contributed by atoms with Gasteiger partial charge in [0.25, 0.3) is 0 Å². The molecule has 0 aromatic carbocycles. The van der Waals surface area contributed by atoms with Gasteiger partial charge < -0.3 is 18.9 Å². The van der Waals surface area contributed by atoms with Gasteiger partial charge in [0.2, 0.25) is 12.2 Å². The lowest BCUT2D eigenvalue weighted by atomic mass is 10.2. The number of carbonyl (C=O) groups excluding carboxylic acids is 3. The standard InChI is InChI=1S/C9H12O7/c1-3-13-7(10)5-6(8(11)14-4-2)16-9(12)15-5/h5-6H,3-4H2,1-2H3/t5-,6-/m0/s1. The summed E-state index contributed by atoms with van der Waals surface area (Å²) in [5.41, 5.74) is 0. The topological polar surface area (TPSA) is 88.1 Å². The van der Waals surface area contributed by atoms with Crippen LogP contribution in [-0.4, -0.2) is 43.5 Å². The van der Waals surface area contributed by atoms with E-state index in [4.69, 9.17) is 0 Å². The van der Waals surface area contributed by atoms with Crippen LogP contribution in [0.3, 0.4) is 0 Å². The summed E-state index contributed by atoms with van der Waals surface area (Å²) >= 11 is 0. The average molecular weight is 232 g/mol. The molecule has 0 N–H and O–H groups in total. The quantitative estimate of drug-likeness (QED) is 0.498. The molecule has 1 saturated heterocycles. The maximum Gasteiger partial charge on any atom is 0.510 e. The summed E-state index contributed by atoms with van der Waals surface area (Å²) in [6.45, 7) is 3.41. The molecule has 0 aromatic rings. The van der Waals surface area contributed by atoms with Crippen LogP contribution in [0.2, 0.25) is 0 Å². The molecule has 90 valence electrons. The molecule has 2 atom stereocenters. The number of cyclic esters (lactones) is 2. The third kappa shape index (κ3) is 2.62. The van der Waals surface area contributed by atoms with Crippen molar-refractivity contribution in [3.63, 3.8) is 0 Å². The fraction of sp³-hybridized carbons (Fsp3) is 0.667. The number of ether oxygens (including phenoxy) is 4. The largest absolute Gasteiger partial charge is 0.510 e. The van der Waals surface area contributed by atoms with E-state index in [0.717, 1.165) is 0 Å². The first kappa shape index (κ1) is 12.3. The minimum absolute atomic E-state index is 0.114. The molecule has 1 rings (SSSR count). The Morgan fingerprint density at radius 2 is 1.44 bits per heavy atom. The summed E-state index contributed by atoms with van der Waals surface area (Å²) in [7, 11) is 0. The molecule has 1 aliphatic heterocycles. The van der Waals surface area contributed by atoms with Crippen molar-refractivity contribution in [1.82, 2.24) is 0 Å². The number of carbonyl (C=O) groups is 3. The van der Waals surface area contributed by atoms with Gasteiger partial charge in [-0.15, -0.1) is 0 Å². The van der Waals surface area contributed by atoms with Crippen molar-refractivity contribution in [3.05, 3.63) is 0 Å². The van der Waals surface area contributed by atoms with Gasteiger partial charge in [-0.1, -0.05) is 0 Å². The molecule has 0 saturated carbocycles. The van der Waals surface area contributed by atoms with Crippen molar-refractivity contribution >= 4 is 18.1 Å². The second-order valence-corrected chi connectivity index (χ2v) is 2.83. The second kappa shape index (κ2) is 5.34. The van der Waals surface area contributed by atoms with Crippen LogP contribution >= 0.6 is 0 Å². The molecule has 0 aliphatic carbocycles. The highest BCUT2D eigenvalue weighted by atomic mass is 16.8. The highest BCUT2D eigenvalue weighted by Crippen LogP contribution is 2.18. The first-order chi connectivity index (χ1) is 7.60. The monoisotopic (exact) mass is 232 g/mol. The number of rotatable bonds is 4. The lowest BCUT2D eigenvalue weighted by Gasteiger charge is -2.12. The zero-order valence-electron chi connectivity index (χ0n) is 8.93. The molecular weight excluding hydrogens is 220 g/mol. The molecule has 0 aromatic heterocycles. The van der Waals surface area contributed by atoms with E-state index < -0.39 is 30.3 Å². The Balaban J connectivity index is 2.69. The van der Waals surface area contributed by atoms with Crippen LogP contribution in [0.5, 0.6) is 0 Å². The summed E-state index contributed by atoms with van der Waals surface area (Å²) in [4.78, 5) is 33.5. The normalized spacial score (nSPS) is 23.2. The summed E-state index contributed by atoms with van der Waals surface area (Å²) in [5, 5.41) is 0. The van der Waals surface area contributed by atoms with Gasteiger partial charge in [0.1, 0.15) is 0 Å². The van der Waals surface area contributed by atoms with Gasteiger partial charge in [0.05, 0.1) is 13.2 Å². The maximum absolute atomic E-state index is 11.3. The highest BCUT2D eigenvalue weighted by Gasteiger charge is 2.48. The Labute approximate surface area is 91.6 Å². The van der Waals surface area contributed by atoms with Crippen LogP contribution < -0.4 is 0 Å². The summed E-state index contributed by atoms with van der Waals surface area (Å²) in [6, 6.07) is 0. The van der Waals surface area contributed by atoms with Gasteiger partial charge in [0, 0.05) is 0 Å². The van der Waals surface area contributed by atoms with Gasteiger partial charge in [-0.25, -0.2) is 14.4 Å². The van der Waals surface area contributed by atoms with Crippen LogP contribution in [0, 0.1) is 0 Å². The summed E-state index contributed by atoms with van der Waals surface area (Å²) in [5.74, 6) is -1.65. The van der Waals surface area contributed by atoms with Crippen LogP contribution in [0.25, 0.3) is 0 Å². The van der Waals surface area contributed by atoms with E-state index in [1.165, 1.54) is 0 Å². The molecule has 0 unspecified atom stereocenters. The number of hydrogen-bond donors (Lipinski definition) is 0. The molecule has 16 heavy (non-hydrogen) atoms. The van der Waals surface area contributed by atoms with E-state index in [1.54, 1.807) is 13.8 Å². The van der Waals surface area contributed by atoms with Gasteiger partial charge in [-0.3, -0.25) is 0 Å². The Kier molecular flexibility index (Phi) is 4.10. The minimum Gasteiger partial charge on any atom is -0.463 e. The molecule has 0 amide bonds. The van der Waals surface area contributed by atoms with Crippen LogP contribution in [0.15, 0.2) is 0 Å². The summed E-state index contributed by atoms with van der Waals surface area (Å²) in [6.07, 6.45) is -3.85. The Morgan fingerprint density at radius 1 is 1.06 bits per heavy atom. The molecule has 1 heterocycles. The van der Waals surface area contributed by atoms with Gasteiger partial charge in [0.15, 0.2) is 0 Å². The van der Waals surface area contributed by atoms with Crippen LogP contribution in [0.1, 0.15) is 13.8 Å². The molecular formula is C9H12O7. The van der Waals surface area contributed by atoms with Crippen LogP contribution in [-0.2, 0) is 28.5 Å². The molecule has 0 spiro atoms. The maximum atomic E-state index is 11.3. The van der Waals surface area contributed by atoms with E-state index in [0.29, 0.717) is 0 Å². The van der Waals surface area contributed by atoms with E-state index in [1.807, 2.05) is 0 Å². The minimum atomic E-state index is -1.38. The summed E-state index contributed by atoms with van der Waals surface area (Å²) < 4.78 is 18.3. The van der Waals surface area contributed by atoms with E-state index >= 15 is 0 Å². The smallest absolute Gasteiger partial charge is 0.463 e. The second-order valence-electron chi connectivity index (χ2n) is 2.83. The average Bonchev–Trinajstić information content (AvgIpc) is 2.61. The Morgan fingerprint density at radius 3 is 1.75 bits per heavy atom. The molecule has 1 fully saturated rings. The van der Waals surface area contributed by atoms with Crippen molar-refractivity contribution in [2.45, 2.75) is 26.1 Å². The van der Waals surface area contributed by atoms with Crippen molar-refractivity contribution in [3.8, 4) is 0 Å². The van der Waals surface area contributed by atoms with E-state index in [2.05, 4.69) is 18.9 Å². The highest BCUT2D eigenvalue weighted by molar-refractivity contribution is 5.90. The molecule has 1 aliphatic rings. The third-order valence-corrected chi connectivity index (χ3v) is 1.76. The van der Waals surface area contributed by atoms with E-state index in [9.17, 15) is 14.4 Å². The third-order valence-electron chi connectivity index (χ3n) is 1.76. The van der Waals surface area contributed by atoms with Gasteiger partial charge in [-0.2, -0.15) is 0 Å². The molecule has 0 bridgehead atoms. The number of esters is 2. The fourth-order valence-electron chi connectivity index (χ4n) is 1.15. The lowest BCUT2D eigenvalue weighted by molar-refractivity contribution is -0.163. The zero-order chi connectivity index (χ0) is 12.1. The van der Waals surface area contributed by atoms with Gasteiger partial charge >= 0.3 is 18.1 Å². The SMILES string of the molecule is CCOC(=O)[C@H]1OC(=O)O[C@@H]1C(=O)OCC. The fourth-order valence-corrected chi connectivity index (χ4v) is 1.15. The van der Waals surface area contributed by atoms with Crippen molar-refractivity contribution < 1.29 is 33.3 Å². The van der Waals surface area contributed by atoms with Crippen molar-refractivity contribution in [2.24, 2.45) is 0 Å². The first-order valence-corrected chi connectivity index (χ1v) is 4.80. The molecule has 7 nitrogen and oxygen atoms in total. The molecule has 7 heteroatoms. The Hall–Kier alpha value is -1.79. The van der Waals surface area contributed by atoms with Crippen LogP contribution in [0.4, 0.5) is 4.79 Å². The van der Waals surface area contributed by atoms with Crippen molar-refractivity contribution in [1.29, 1.82) is 0 Å². The predicted octanol–water partition coefficient (Wildman–Crippen LogP) is 0.0166. The van der Waals surface area contributed by atoms with Gasteiger partial charge in [-0.05, 0) is 13.8 Å². The predicted molar refractivity (Wildman–Crippen MR) is 48.4 cm³/mol. The van der Waals surface area contributed by atoms with Crippen molar-refractivity contribution in [2.75, 3.05) is 13.2 Å². The first-order valence-electron chi connectivity index (χ1n) is 4.80. The van der Waals surface area contributed by atoms with E-state index in [-0.39, 0.29) is 13.2 Å². The zero-order valence-corrected chi connectivity index (χ0v) is 8.93.